The minimum atomic E-state index is -0.601. The Bertz CT molecular complexity index is 694. The van der Waals surface area contributed by atoms with E-state index in [1.807, 2.05) is 12.1 Å². The van der Waals surface area contributed by atoms with Crippen LogP contribution in [0.5, 0.6) is 0 Å². The molecule has 2 aliphatic heterocycles. The fraction of sp³-hybridized carbons (Fsp3) is 0.600. The fourth-order valence-electron chi connectivity index (χ4n) is 4.72. The summed E-state index contributed by atoms with van der Waals surface area (Å²) in [6.07, 6.45) is 4.80. The average molecular weight is 393 g/mol. The summed E-state index contributed by atoms with van der Waals surface area (Å²) in [6.45, 7) is 5.55. The summed E-state index contributed by atoms with van der Waals surface area (Å²) in [5, 5.41) is 3.78. The summed E-state index contributed by atoms with van der Waals surface area (Å²) in [5.74, 6) is 0.00985. The molecule has 0 atom stereocenters. The highest BCUT2D eigenvalue weighted by atomic mass is 35.5. The highest BCUT2D eigenvalue weighted by Gasteiger charge is 2.52. The number of hydrogen-bond acceptors (Lipinski definition) is 2. The Morgan fingerprint density at radius 1 is 0.963 bits per heavy atom. The van der Waals surface area contributed by atoms with Crippen molar-refractivity contribution in [1.29, 1.82) is 0 Å². The smallest absolute Gasteiger partial charge is 0.323 e. The lowest BCUT2D eigenvalue weighted by molar-refractivity contribution is -1.02. The van der Waals surface area contributed by atoms with Crippen LogP contribution in [0.15, 0.2) is 24.3 Å². The maximum absolute atomic E-state index is 12.9. The van der Waals surface area contributed by atoms with Crippen LogP contribution in [0, 0.1) is 0 Å². The first-order valence-electron chi connectivity index (χ1n) is 10.1. The molecule has 0 aromatic heterocycles. The molecule has 2 heterocycles. The van der Waals surface area contributed by atoms with Crippen molar-refractivity contribution in [3.05, 3.63) is 34.9 Å². The predicted molar refractivity (Wildman–Crippen MR) is 103 cm³/mol. The van der Waals surface area contributed by atoms with E-state index in [0.717, 1.165) is 69.9 Å². The number of rotatable bonds is 4. The van der Waals surface area contributed by atoms with Crippen LogP contribution in [-0.2, 0) is 11.3 Å². The zero-order valence-corrected chi connectivity index (χ0v) is 16.5. The standard InChI is InChI=1S/C20H27ClN4O2/c21-17-6-4-16(5-7-17)14-23-10-12-24(13-11-23)15-25-18(26)20(22-19(25)27)8-2-1-3-9-20/h4-7H,1-3,8-15H2,(H,22,27)/p+2. The molecule has 6 nitrogen and oxygen atoms in total. The van der Waals surface area contributed by atoms with Gasteiger partial charge in [0.05, 0.1) is 0 Å². The number of carbonyl (C=O) groups is 2. The average Bonchev–Trinajstić information content (AvgIpc) is 2.90. The van der Waals surface area contributed by atoms with Gasteiger partial charge in [-0.25, -0.2) is 9.69 Å². The summed E-state index contributed by atoms with van der Waals surface area (Å²) >= 11 is 5.96. The van der Waals surface area contributed by atoms with Crippen LogP contribution in [0.2, 0.25) is 5.02 Å². The van der Waals surface area contributed by atoms with E-state index in [0.29, 0.717) is 6.67 Å². The maximum Gasteiger partial charge on any atom is 0.329 e. The van der Waals surface area contributed by atoms with E-state index in [-0.39, 0.29) is 11.9 Å². The second kappa shape index (κ2) is 7.78. The van der Waals surface area contributed by atoms with E-state index >= 15 is 0 Å². The number of halogens is 1. The topological polar surface area (TPSA) is 58.3 Å². The first-order valence-corrected chi connectivity index (χ1v) is 10.5. The number of imide groups is 1. The normalized spacial score (nSPS) is 27.8. The Hall–Kier alpha value is -1.63. The molecule has 3 aliphatic rings. The van der Waals surface area contributed by atoms with Gasteiger partial charge in [-0.15, -0.1) is 0 Å². The molecule has 4 rings (SSSR count). The van der Waals surface area contributed by atoms with Crippen molar-refractivity contribution in [2.24, 2.45) is 0 Å². The lowest BCUT2D eigenvalue weighted by Gasteiger charge is -2.32. The zero-order valence-electron chi connectivity index (χ0n) is 15.7. The monoisotopic (exact) mass is 392 g/mol. The second-order valence-electron chi connectivity index (χ2n) is 8.27. The zero-order chi connectivity index (χ0) is 18.9. The first kappa shape index (κ1) is 18.7. The van der Waals surface area contributed by atoms with Gasteiger partial charge in [0, 0.05) is 10.6 Å². The summed E-state index contributed by atoms with van der Waals surface area (Å²) in [6, 6.07) is 7.87. The molecule has 1 aromatic carbocycles. The van der Waals surface area contributed by atoms with Crippen molar-refractivity contribution in [2.45, 2.75) is 44.2 Å². The quantitative estimate of drug-likeness (QED) is 0.623. The number of nitrogens with zero attached hydrogens (tertiary/aromatic N) is 1. The first-order chi connectivity index (χ1) is 13.1. The molecule has 1 aromatic rings. The number of amides is 3. The summed E-state index contributed by atoms with van der Waals surface area (Å²) in [4.78, 5) is 29.7. The Labute approximate surface area is 165 Å². The Balaban J connectivity index is 1.29. The third-order valence-electron chi connectivity index (χ3n) is 6.37. The van der Waals surface area contributed by atoms with Crippen molar-refractivity contribution in [3.63, 3.8) is 0 Å². The highest BCUT2D eigenvalue weighted by molar-refractivity contribution is 6.30. The van der Waals surface area contributed by atoms with E-state index in [9.17, 15) is 9.59 Å². The highest BCUT2D eigenvalue weighted by Crippen LogP contribution is 2.33. The van der Waals surface area contributed by atoms with Crippen LogP contribution in [0.1, 0.15) is 37.7 Å². The van der Waals surface area contributed by atoms with E-state index < -0.39 is 5.54 Å². The molecule has 3 fully saturated rings. The van der Waals surface area contributed by atoms with Gasteiger partial charge in [0.25, 0.3) is 5.91 Å². The van der Waals surface area contributed by atoms with Crippen molar-refractivity contribution >= 4 is 23.5 Å². The summed E-state index contributed by atoms with van der Waals surface area (Å²) in [7, 11) is 0. The molecule has 1 spiro atoms. The fourth-order valence-corrected chi connectivity index (χ4v) is 4.85. The Morgan fingerprint density at radius 3 is 2.26 bits per heavy atom. The van der Waals surface area contributed by atoms with Crippen molar-refractivity contribution in [2.75, 3.05) is 32.8 Å². The van der Waals surface area contributed by atoms with Gasteiger partial charge >= 0.3 is 6.03 Å². The van der Waals surface area contributed by atoms with Crippen LogP contribution in [0.25, 0.3) is 0 Å². The molecule has 0 bridgehead atoms. The summed E-state index contributed by atoms with van der Waals surface area (Å²) < 4.78 is 0. The number of piperazine rings is 1. The van der Waals surface area contributed by atoms with Gasteiger partial charge in [-0.1, -0.05) is 43.0 Å². The molecule has 146 valence electrons. The Kier molecular flexibility index (Phi) is 5.39. The molecule has 1 saturated carbocycles. The lowest BCUT2D eigenvalue weighted by Crippen LogP contribution is -3.28. The number of benzene rings is 1. The minimum Gasteiger partial charge on any atom is -0.323 e. The van der Waals surface area contributed by atoms with Crippen molar-refractivity contribution in [1.82, 2.24) is 10.2 Å². The molecule has 0 unspecified atom stereocenters. The number of urea groups is 1. The van der Waals surface area contributed by atoms with Crippen LogP contribution >= 0.6 is 11.6 Å². The number of hydrogen-bond donors (Lipinski definition) is 3. The molecule has 2 saturated heterocycles. The Morgan fingerprint density at radius 2 is 1.59 bits per heavy atom. The van der Waals surface area contributed by atoms with Crippen LogP contribution in [0.4, 0.5) is 4.79 Å². The molecule has 1 aliphatic carbocycles. The molecular formula is C20H29ClN4O2+2. The molecular weight excluding hydrogens is 364 g/mol. The van der Waals surface area contributed by atoms with E-state index in [2.05, 4.69) is 17.4 Å². The molecule has 0 radical (unpaired) electrons. The van der Waals surface area contributed by atoms with Gasteiger partial charge in [0.2, 0.25) is 0 Å². The maximum atomic E-state index is 12.9. The molecule has 7 heteroatoms. The number of nitrogens with one attached hydrogen (secondary N) is 3. The van der Waals surface area contributed by atoms with Crippen LogP contribution < -0.4 is 15.1 Å². The largest absolute Gasteiger partial charge is 0.329 e. The van der Waals surface area contributed by atoms with Crippen molar-refractivity contribution in [3.8, 4) is 0 Å². The van der Waals surface area contributed by atoms with Gasteiger partial charge < -0.3 is 15.1 Å². The van der Waals surface area contributed by atoms with Gasteiger partial charge in [-0.2, -0.15) is 0 Å². The van der Waals surface area contributed by atoms with Gasteiger partial charge in [-0.05, 0) is 25.0 Å². The third-order valence-corrected chi connectivity index (χ3v) is 6.62. The predicted octanol–water partition coefficient (Wildman–Crippen LogP) is -0.164. The molecule has 3 N–H and O–H groups in total. The molecule has 3 amide bonds. The number of carbonyl (C=O) groups excluding carboxylic acids is 2. The van der Waals surface area contributed by atoms with E-state index in [4.69, 9.17) is 11.6 Å². The van der Waals surface area contributed by atoms with Gasteiger partial charge in [0.15, 0.2) is 6.67 Å². The van der Waals surface area contributed by atoms with Gasteiger partial charge in [-0.3, -0.25) is 4.79 Å². The third kappa shape index (κ3) is 3.98. The van der Waals surface area contributed by atoms with Crippen LogP contribution in [0.3, 0.4) is 0 Å². The minimum absolute atomic E-state index is 0.00985. The second-order valence-corrected chi connectivity index (χ2v) is 8.70. The van der Waals surface area contributed by atoms with E-state index in [1.54, 1.807) is 4.90 Å². The summed E-state index contributed by atoms with van der Waals surface area (Å²) in [5.41, 5.74) is 0.697. The lowest BCUT2D eigenvalue weighted by atomic mass is 9.82. The number of quaternary nitrogens is 2. The van der Waals surface area contributed by atoms with E-state index in [1.165, 1.54) is 15.4 Å². The van der Waals surface area contributed by atoms with Crippen molar-refractivity contribution < 1.29 is 19.4 Å². The molecule has 27 heavy (non-hydrogen) atoms. The van der Waals surface area contributed by atoms with Crippen LogP contribution in [-0.4, -0.2) is 55.2 Å². The SMILES string of the molecule is O=C1NC2(CCCCC2)C(=O)N1C[NH+]1CC[NH+](Cc2ccc(Cl)cc2)CC1. The van der Waals surface area contributed by atoms with Gasteiger partial charge in [0.1, 0.15) is 38.3 Å².